The number of hydrogen-bond donors (Lipinski definition) is 14. The van der Waals surface area contributed by atoms with Gasteiger partial charge < -0.3 is 75.3 Å². The number of nitrogens with zero attached hydrogens (tertiary/aromatic N) is 1. The van der Waals surface area contributed by atoms with Crippen LogP contribution in [0.3, 0.4) is 0 Å². The molecule has 4 unspecified atom stereocenters. The van der Waals surface area contributed by atoms with Gasteiger partial charge in [0.1, 0.15) is 30.2 Å². The zero-order chi connectivity index (χ0) is 41.3. The Kier molecular flexibility index (Phi) is 25.7. The summed E-state index contributed by atoms with van der Waals surface area (Å²) in [6.07, 6.45) is 4.68. The topological polar surface area (TPSA) is 420 Å². The molecule has 0 amide bonds. The number of aliphatic carboxylic acids is 6. The first-order valence-electron chi connectivity index (χ1n) is 16.3. The molecule has 21 heteroatoms. The third-order valence-corrected chi connectivity index (χ3v) is 7.06. The van der Waals surface area contributed by atoms with Gasteiger partial charge in [0.05, 0.1) is 0 Å². The SMILES string of the molecule is CC(C)C(N)C(=O)O.NC(CCC(=O)O)C(=O)O.NC(Cc1c[nH]c2ccccc12)C(=O)O.NC(N)=NCCCC(N)C(=O)O.O=C(O)[C@@H]1CCCN1. The molecule has 21 nitrogen and oxygen atoms in total. The van der Waals surface area contributed by atoms with Crippen molar-refractivity contribution >= 4 is 52.7 Å². The summed E-state index contributed by atoms with van der Waals surface area (Å²) in [7, 11) is 0. The van der Waals surface area contributed by atoms with E-state index in [1.165, 1.54) is 0 Å². The number of aromatic nitrogens is 1. The molecule has 2 heterocycles. The highest BCUT2D eigenvalue weighted by molar-refractivity contribution is 5.84. The Hall–Kier alpha value is -5.35. The summed E-state index contributed by atoms with van der Waals surface area (Å²) in [4.78, 5) is 67.6. The predicted molar refractivity (Wildman–Crippen MR) is 195 cm³/mol. The molecule has 1 fully saturated rings. The number of para-hydroxylation sites is 1. The van der Waals surface area contributed by atoms with Crippen LogP contribution in [0.15, 0.2) is 35.5 Å². The van der Waals surface area contributed by atoms with Crippen molar-refractivity contribution in [3.05, 3.63) is 36.0 Å². The first-order chi connectivity index (χ1) is 24.6. The molecule has 0 saturated carbocycles. The van der Waals surface area contributed by atoms with E-state index in [2.05, 4.69) is 15.3 Å². The first-order valence-corrected chi connectivity index (χ1v) is 16.3. The van der Waals surface area contributed by atoms with Crippen molar-refractivity contribution in [2.45, 2.75) is 89.0 Å². The highest BCUT2D eigenvalue weighted by Gasteiger charge is 2.20. The number of carboxylic acid groups (broad SMARTS) is 6. The monoisotopic (exact) mass is 757 g/mol. The summed E-state index contributed by atoms with van der Waals surface area (Å²) in [5.41, 5.74) is 32.9. The quantitative estimate of drug-likeness (QED) is 0.0571. The van der Waals surface area contributed by atoms with Crippen molar-refractivity contribution in [2.24, 2.45) is 45.3 Å². The molecule has 0 radical (unpaired) electrons. The maximum Gasteiger partial charge on any atom is 0.320 e. The van der Waals surface area contributed by atoms with E-state index in [9.17, 15) is 28.8 Å². The molecule has 20 N–H and O–H groups in total. The summed E-state index contributed by atoms with van der Waals surface area (Å²) in [5.74, 6) is -5.79. The van der Waals surface area contributed by atoms with E-state index in [0.717, 1.165) is 35.9 Å². The number of H-pyrrole nitrogens is 1. The molecule has 1 aromatic carbocycles. The van der Waals surface area contributed by atoms with Crippen LogP contribution < -0.4 is 39.7 Å². The highest BCUT2D eigenvalue weighted by atomic mass is 16.4. The average Bonchev–Trinajstić information content (AvgIpc) is 3.77. The third kappa shape index (κ3) is 24.5. The van der Waals surface area contributed by atoms with Gasteiger partial charge in [-0.05, 0) is 56.2 Å². The molecule has 0 spiro atoms. The molecular formula is C32H55N9O12. The number of guanidine groups is 1. The van der Waals surface area contributed by atoms with Crippen LogP contribution >= 0.6 is 0 Å². The van der Waals surface area contributed by atoms with Crippen LogP contribution in [-0.2, 0) is 35.2 Å². The van der Waals surface area contributed by atoms with Gasteiger partial charge in [-0.15, -0.1) is 0 Å². The second-order valence-electron chi connectivity index (χ2n) is 11.9. The number of aromatic amines is 1. The lowest BCUT2D eigenvalue weighted by molar-refractivity contribution is -0.141. The van der Waals surface area contributed by atoms with E-state index in [1.807, 2.05) is 30.5 Å². The van der Waals surface area contributed by atoms with Crippen LogP contribution in [0.5, 0.6) is 0 Å². The Labute approximate surface area is 305 Å². The minimum atomic E-state index is -1.17. The zero-order valence-corrected chi connectivity index (χ0v) is 29.8. The van der Waals surface area contributed by atoms with Crippen LogP contribution in [0.4, 0.5) is 0 Å². The molecule has 300 valence electrons. The van der Waals surface area contributed by atoms with Crippen molar-refractivity contribution < 1.29 is 59.4 Å². The first kappa shape index (κ1) is 49.8. The molecule has 1 aliphatic heterocycles. The molecule has 1 aliphatic rings. The molecule has 0 bridgehead atoms. The summed E-state index contributed by atoms with van der Waals surface area (Å²) in [5, 5.41) is 53.8. The number of carboxylic acids is 6. The van der Waals surface area contributed by atoms with Crippen molar-refractivity contribution in [3.8, 4) is 0 Å². The van der Waals surface area contributed by atoms with Gasteiger partial charge in [0.25, 0.3) is 0 Å². The Balaban J connectivity index is 0. The minimum Gasteiger partial charge on any atom is -0.481 e. The molecule has 1 aromatic heterocycles. The van der Waals surface area contributed by atoms with Crippen molar-refractivity contribution in [1.82, 2.24) is 10.3 Å². The van der Waals surface area contributed by atoms with E-state index in [1.54, 1.807) is 13.8 Å². The molecule has 0 aliphatic carbocycles. The second kappa shape index (κ2) is 27.3. The number of nitrogens with two attached hydrogens (primary N) is 6. The fraction of sp³-hybridized carbons (Fsp3) is 0.531. The number of aliphatic imine (C=N–C) groups is 1. The van der Waals surface area contributed by atoms with E-state index in [-0.39, 0.29) is 30.8 Å². The van der Waals surface area contributed by atoms with Gasteiger partial charge in [0.15, 0.2) is 5.96 Å². The predicted octanol–water partition coefficient (Wildman–Crippen LogP) is -1.29. The Morgan fingerprint density at radius 1 is 0.811 bits per heavy atom. The van der Waals surface area contributed by atoms with Crippen LogP contribution in [0, 0.1) is 5.92 Å². The maximum absolute atomic E-state index is 10.6. The average molecular weight is 758 g/mol. The summed E-state index contributed by atoms with van der Waals surface area (Å²) >= 11 is 0. The zero-order valence-electron chi connectivity index (χ0n) is 29.8. The van der Waals surface area contributed by atoms with Gasteiger partial charge in [0, 0.05) is 36.5 Å². The van der Waals surface area contributed by atoms with Gasteiger partial charge >= 0.3 is 35.8 Å². The normalized spacial score (nSPS) is 15.1. The van der Waals surface area contributed by atoms with Crippen molar-refractivity contribution in [1.29, 1.82) is 0 Å². The lowest BCUT2D eigenvalue weighted by Gasteiger charge is -2.07. The van der Waals surface area contributed by atoms with Gasteiger partial charge in [-0.3, -0.25) is 33.8 Å². The summed E-state index contributed by atoms with van der Waals surface area (Å²) in [6, 6.07) is 4.05. The molecule has 5 atom stereocenters. The number of hydrogen-bond acceptors (Lipinski definition) is 12. The Bertz CT molecular complexity index is 1450. The van der Waals surface area contributed by atoms with E-state index in [4.69, 9.17) is 65.0 Å². The van der Waals surface area contributed by atoms with Crippen LogP contribution in [0.25, 0.3) is 10.9 Å². The fourth-order valence-corrected chi connectivity index (χ4v) is 3.85. The van der Waals surface area contributed by atoms with Gasteiger partial charge in [0.2, 0.25) is 0 Å². The number of fused-ring (bicyclic) bond motifs is 1. The van der Waals surface area contributed by atoms with Gasteiger partial charge in [-0.25, -0.2) is 0 Å². The lowest BCUT2D eigenvalue weighted by atomic mass is 10.1. The Morgan fingerprint density at radius 3 is 1.75 bits per heavy atom. The standard InChI is InChI=1S/C11H12N2O2.C6H14N4O2.C5H9NO4.C5H9NO2.C5H11NO2/c12-9(11(14)15)5-7-6-13-10-4-2-1-3-8(7)10;7-4(5(11)12)2-1-3-10-6(8)9;6-3(5(9)10)1-2-4(7)8;7-5(8)4-2-1-3-6-4;1-3(2)4(6)5(7)8/h1-4,6,9,13H,5,12H2,(H,14,15);4H,1-3,7H2,(H,11,12)(H4,8,9,10);3H,1-2,6H2,(H,7,8)(H,9,10);4,6H,1-3H2,(H,7,8);3-4H,6H2,1-2H3,(H,7,8)/t;;;4-;/m...0./s1. The van der Waals surface area contributed by atoms with Crippen LogP contribution in [0.2, 0.25) is 0 Å². The molecular weight excluding hydrogens is 702 g/mol. The minimum absolute atomic E-state index is 0.0129. The maximum atomic E-state index is 10.6. The van der Waals surface area contributed by atoms with Gasteiger partial charge in [-0.2, -0.15) is 0 Å². The molecule has 3 rings (SSSR count). The molecule has 2 aromatic rings. The van der Waals surface area contributed by atoms with Crippen molar-refractivity contribution in [3.63, 3.8) is 0 Å². The van der Waals surface area contributed by atoms with E-state index in [0.29, 0.717) is 25.8 Å². The number of benzene rings is 1. The Morgan fingerprint density at radius 2 is 1.36 bits per heavy atom. The third-order valence-electron chi connectivity index (χ3n) is 7.06. The van der Waals surface area contributed by atoms with E-state index < -0.39 is 60.0 Å². The molecule has 53 heavy (non-hydrogen) atoms. The summed E-state index contributed by atoms with van der Waals surface area (Å²) in [6.45, 7) is 4.83. The number of rotatable bonds is 15. The van der Waals surface area contributed by atoms with Crippen molar-refractivity contribution in [2.75, 3.05) is 13.1 Å². The van der Waals surface area contributed by atoms with Crippen LogP contribution in [-0.4, -0.2) is 121 Å². The second-order valence-corrected chi connectivity index (χ2v) is 11.9. The van der Waals surface area contributed by atoms with Crippen LogP contribution in [0.1, 0.15) is 57.9 Å². The fourth-order valence-electron chi connectivity index (χ4n) is 3.85. The summed E-state index contributed by atoms with van der Waals surface area (Å²) < 4.78 is 0. The van der Waals surface area contributed by atoms with Gasteiger partial charge in [-0.1, -0.05) is 32.0 Å². The smallest absolute Gasteiger partial charge is 0.320 e. The number of nitrogens with one attached hydrogen (secondary N) is 2. The highest BCUT2D eigenvalue weighted by Crippen LogP contribution is 2.18. The lowest BCUT2D eigenvalue weighted by Crippen LogP contribution is -2.34. The molecule has 1 saturated heterocycles. The number of carbonyl (C=O) groups is 6. The van der Waals surface area contributed by atoms with E-state index >= 15 is 0 Å². The largest absolute Gasteiger partial charge is 0.481 e.